The minimum absolute atomic E-state index is 0.0787. The number of hydrogen-bond donors (Lipinski definition) is 0. The Labute approximate surface area is 93.0 Å². The lowest BCUT2D eigenvalue weighted by Gasteiger charge is -2.06. The van der Waals surface area contributed by atoms with Crippen LogP contribution in [0, 0.1) is 13.8 Å². The molecule has 0 bridgehead atoms. The van der Waals surface area contributed by atoms with Crippen LogP contribution in [-0.2, 0) is 0 Å². The number of ketones is 1. The van der Waals surface area contributed by atoms with Crippen LogP contribution in [0.2, 0.25) is 0 Å². The second-order valence-electron chi connectivity index (χ2n) is 3.28. The van der Waals surface area contributed by atoms with Crippen molar-refractivity contribution in [2.45, 2.75) is 20.8 Å². The molecular formula is C12H13BrO. The first-order valence-corrected chi connectivity index (χ1v) is 5.29. The van der Waals surface area contributed by atoms with E-state index in [0.29, 0.717) is 0 Å². The van der Waals surface area contributed by atoms with Crippen LogP contribution in [0.1, 0.15) is 28.4 Å². The number of benzene rings is 1. The molecular weight excluding hydrogens is 240 g/mol. The molecule has 0 N–H and O–H groups in total. The van der Waals surface area contributed by atoms with Gasteiger partial charge >= 0.3 is 0 Å². The molecule has 0 aliphatic heterocycles. The largest absolute Gasteiger partial charge is 0.289 e. The molecule has 0 fully saturated rings. The van der Waals surface area contributed by atoms with Crippen molar-refractivity contribution < 1.29 is 4.79 Å². The maximum atomic E-state index is 11.7. The Morgan fingerprint density at radius 3 is 2.21 bits per heavy atom. The topological polar surface area (TPSA) is 17.1 Å². The molecule has 0 radical (unpaired) electrons. The van der Waals surface area contributed by atoms with Crippen molar-refractivity contribution in [3.05, 3.63) is 45.4 Å². The van der Waals surface area contributed by atoms with Gasteiger partial charge in [0.1, 0.15) is 0 Å². The number of allylic oxidation sites excluding steroid dienone is 2. The molecule has 2 heteroatoms. The summed E-state index contributed by atoms with van der Waals surface area (Å²) in [7, 11) is 0. The van der Waals surface area contributed by atoms with Crippen LogP contribution in [0.3, 0.4) is 0 Å². The summed E-state index contributed by atoms with van der Waals surface area (Å²) in [6.07, 6.45) is 3.37. The van der Waals surface area contributed by atoms with Crippen LogP contribution < -0.4 is 0 Å². The SMILES string of the molecule is CC=CC(=O)c1c(C)cc(Br)cc1C. The molecule has 0 spiro atoms. The number of hydrogen-bond acceptors (Lipinski definition) is 1. The zero-order valence-electron chi connectivity index (χ0n) is 8.60. The molecule has 0 aliphatic carbocycles. The van der Waals surface area contributed by atoms with Crippen molar-refractivity contribution >= 4 is 21.7 Å². The molecule has 14 heavy (non-hydrogen) atoms. The van der Waals surface area contributed by atoms with Crippen molar-refractivity contribution in [1.82, 2.24) is 0 Å². The van der Waals surface area contributed by atoms with E-state index >= 15 is 0 Å². The Balaban J connectivity index is 3.27. The first-order chi connectivity index (χ1) is 6.56. The summed E-state index contributed by atoms with van der Waals surface area (Å²) in [5.74, 6) is 0.0787. The molecule has 0 aromatic heterocycles. The van der Waals surface area contributed by atoms with Crippen molar-refractivity contribution in [3.63, 3.8) is 0 Å². The van der Waals surface area contributed by atoms with Crippen molar-refractivity contribution in [1.29, 1.82) is 0 Å². The maximum Gasteiger partial charge on any atom is 0.186 e. The van der Waals surface area contributed by atoms with Crippen LogP contribution >= 0.6 is 15.9 Å². The van der Waals surface area contributed by atoms with E-state index in [4.69, 9.17) is 0 Å². The first-order valence-electron chi connectivity index (χ1n) is 4.50. The summed E-state index contributed by atoms with van der Waals surface area (Å²) in [6, 6.07) is 3.92. The van der Waals surface area contributed by atoms with E-state index in [1.54, 1.807) is 12.2 Å². The van der Waals surface area contributed by atoms with Crippen molar-refractivity contribution in [2.24, 2.45) is 0 Å². The van der Waals surface area contributed by atoms with Gasteiger partial charge in [0, 0.05) is 10.0 Å². The third-order valence-electron chi connectivity index (χ3n) is 2.06. The highest BCUT2D eigenvalue weighted by molar-refractivity contribution is 9.10. The lowest BCUT2D eigenvalue weighted by molar-refractivity contribution is 0.104. The van der Waals surface area contributed by atoms with Crippen LogP contribution in [0.15, 0.2) is 28.8 Å². The second-order valence-corrected chi connectivity index (χ2v) is 4.19. The number of aryl methyl sites for hydroxylation is 2. The summed E-state index contributed by atoms with van der Waals surface area (Å²) in [5, 5.41) is 0. The molecule has 1 aromatic rings. The van der Waals surface area contributed by atoms with Gasteiger partial charge in [-0.15, -0.1) is 0 Å². The molecule has 0 saturated heterocycles. The number of halogens is 1. The lowest BCUT2D eigenvalue weighted by atomic mass is 9.99. The summed E-state index contributed by atoms with van der Waals surface area (Å²) >= 11 is 3.41. The Kier molecular flexibility index (Phi) is 3.64. The normalized spacial score (nSPS) is 10.9. The molecule has 1 aromatic carbocycles. The van der Waals surface area contributed by atoms with E-state index in [9.17, 15) is 4.79 Å². The summed E-state index contributed by atoms with van der Waals surface area (Å²) < 4.78 is 1.02. The zero-order valence-corrected chi connectivity index (χ0v) is 10.2. The van der Waals surface area contributed by atoms with E-state index in [-0.39, 0.29) is 5.78 Å². The van der Waals surface area contributed by atoms with Gasteiger partial charge in [0.05, 0.1) is 0 Å². The summed E-state index contributed by atoms with van der Waals surface area (Å²) in [4.78, 5) is 11.7. The van der Waals surface area contributed by atoms with Gasteiger partial charge in [0.25, 0.3) is 0 Å². The Bertz CT molecular complexity index is 368. The highest BCUT2D eigenvalue weighted by Gasteiger charge is 2.09. The average Bonchev–Trinajstić information content (AvgIpc) is 2.01. The van der Waals surface area contributed by atoms with Crippen LogP contribution in [0.5, 0.6) is 0 Å². The van der Waals surface area contributed by atoms with Crippen molar-refractivity contribution in [2.75, 3.05) is 0 Å². The fourth-order valence-electron chi connectivity index (χ4n) is 1.53. The predicted molar refractivity (Wildman–Crippen MR) is 62.8 cm³/mol. The number of carbonyl (C=O) groups is 1. The van der Waals surface area contributed by atoms with E-state index in [2.05, 4.69) is 15.9 Å². The van der Waals surface area contributed by atoms with Crippen LogP contribution in [0.25, 0.3) is 0 Å². The molecule has 0 amide bonds. The molecule has 74 valence electrons. The third-order valence-corrected chi connectivity index (χ3v) is 2.52. The second kappa shape index (κ2) is 4.56. The fourth-order valence-corrected chi connectivity index (χ4v) is 2.22. The van der Waals surface area contributed by atoms with Gasteiger partial charge in [-0.05, 0) is 50.1 Å². The van der Waals surface area contributed by atoms with Gasteiger partial charge in [0.2, 0.25) is 0 Å². The first kappa shape index (κ1) is 11.2. The Morgan fingerprint density at radius 1 is 1.29 bits per heavy atom. The van der Waals surface area contributed by atoms with Gasteiger partial charge in [-0.1, -0.05) is 22.0 Å². The highest BCUT2D eigenvalue weighted by Crippen LogP contribution is 2.21. The van der Waals surface area contributed by atoms with Crippen LogP contribution in [-0.4, -0.2) is 5.78 Å². The minimum Gasteiger partial charge on any atom is -0.289 e. The molecule has 1 nitrogen and oxygen atoms in total. The standard InChI is InChI=1S/C12H13BrO/c1-4-5-11(14)12-8(2)6-10(13)7-9(12)3/h4-7H,1-3H3. The Morgan fingerprint density at radius 2 is 1.79 bits per heavy atom. The van der Waals surface area contributed by atoms with E-state index in [1.165, 1.54) is 0 Å². The van der Waals surface area contributed by atoms with Gasteiger partial charge in [-0.25, -0.2) is 0 Å². The van der Waals surface area contributed by atoms with E-state index in [1.807, 2.05) is 32.9 Å². The lowest BCUT2D eigenvalue weighted by Crippen LogP contribution is -2.01. The molecule has 0 heterocycles. The molecule has 0 atom stereocenters. The fraction of sp³-hybridized carbons (Fsp3) is 0.250. The smallest absolute Gasteiger partial charge is 0.186 e. The third kappa shape index (κ3) is 2.32. The quantitative estimate of drug-likeness (QED) is 0.578. The molecule has 0 saturated carbocycles. The zero-order chi connectivity index (χ0) is 10.7. The summed E-state index contributed by atoms with van der Waals surface area (Å²) in [6.45, 7) is 5.75. The predicted octanol–water partition coefficient (Wildman–Crippen LogP) is 3.82. The van der Waals surface area contributed by atoms with Crippen molar-refractivity contribution in [3.8, 4) is 0 Å². The van der Waals surface area contributed by atoms with Gasteiger partial charge < -0.3 is 0 Å². The summed E-state index contributed by atoms with van der Waals surface area (Å²) in [5.41, 5.74) is 2.84. The monoisotopic (exact) mass is 252 g/mol. The molecule has 1 rings (SSSR count). The maximum absolute atomic E-state index is 11.7. The van der Waals surface area contributed by atoms with Gasteiger partial charge in [-0.3, -0.25) is 4.79 Å². The van der Waals surface area contributed by atoms with E-state index < -0.39 is 0 Å². The average molecular weight is 253 g/mol. The van der Waals surface area contributed by atoms with Crippen LogP contribution in [0.4, 0.5) is 0 Å². The van der Waals surface area contributed by atoms with E-state index in [0.717, 1.165) is 21.2 Å². The minimum atomic E-state index is 0.0787. The number of rotatable bonds is 2. The Hall–Kier alpha value is -0.890. The van der Waals surface area contributed by atoms with Gasteiger partial charge in [0.15, 0.2) is 5.78 Å². The molecule has 0 unspecified atom stereocenters. The number of carbonyl (C=O) groups excluding carboxylic acids is 1. The van der Waals surface area contributed by atoms with Gasteiger partial charge in [-0.2, -0.15) is 0 Å². The highest BCUT2D eigenvalue weighted by atomic mass is 79.9. The molecule has 0 aliphatic rings.